The number of unbranched alkanes of at least 4 members (excludes halogenated alkanes) is 4. The lowest BCUT2D eigenvalue weighted by Crippen LogP contribution is -2.15. The van der Waals surface area contributed by atoms with Crippen molar-refractivity contribution < 1.29 is 0 Å². The fourth-order valence-corrected chi connectivity index (χ4v) is 1.99. The standard InChI is InChI=1S/C17H34N2/c1-5-7-8-9-10-15-19-17(4)13-11-12-16(3)18-14-6-2/h18-19H,3-15H2,1-2H3. The van der Waals surface area contributed by atoms with Gasteiger partial charge < -0.3 is 10.6 Å². The Hall–Kier alpha value is -0.920. The number of allylic oxidation sites excluding steroid dienone is 2. The number of rotatable bonds is 14. The third-order valence-electron chi connectivity index (χ3n) is 3.24. The monoisotopic (exact) mass is 266 g/mol. The molecule has 0 aromatic heterocycles. The van der Waals surface area contributed by atoms with E-state index in [4.69, 9.17) is 0 Å². The van der Waals surface area contributed by atoms with Crippen molar-refractivity contribution in [2.24, 2.45) is 0 Å². The van der Waals surface area contributed by atoms with Crippen molar-refractivity contribution in [1.82, 2.24) is 10.6 Å². The summed E-state index contributed by atoms with van der Waals surface area (Å²) in [6, 6.07) is 0. The van der Waals surface area contributed by atoms with Gasteiger partial charge in [-0.15, -0.1) is 0 Å². The molecular formula is C17H34N2. The highest BCUT2D eigenvalue weighted by Crippen LogP contribution is 2.07. The Kier molecular flexibility index (Phi) is 12.9. The molecule has 0 amide bonds. The zero-order chi connectivity index (χ0) is 14.3. The van der Waals surface area contributed by atoms with Crippen LogP contribution in [0.25, 0.3) is 0 Å². The van der Waals surface area contributed by atoms with E-state index in [1.807, 2.05) is 0 Å². The first kappa shape index (κ1) is 18.1. The lowest BCUT2D eigenvalue weighted by molar-refractivity contribution is 0.599. The predicted octanol–water partition coefficient (Wildman–Crippen LogP) is 4.74. The van der Waals surface area contributed by atoms with Gasteiger partial charge in [-0.25, -0.2) is 0 Å². The van der Waals surface area contributed by atoms with E-state index in [-0.39, 0.29) is 0 Å². The summed E-state index contributed by atoms with van der Waals surface area (Å²) in [5.41, 5.74) is 2.34. The van der Waals surface area contributed by atoms with Crippen molar-refractivity contribution in [3.05, 3.63) is 24.6 Å². The molecule has 19 heavy (non-hydrogen) atoms. The van der Waals surface area contributed by atoms with Crippen LogP contribution in [0.5, 0.6) is 0 Å². The second-order valence-electron chi connectivity index (χ2n) is 5.33. The van der Waals surface area contributed by atoms with Gasteiger partial charge in [0, 0.05) is 24.5 Å². The smallest absolute Gasteiger partial charge is 0.0143 e. The molecule has 0 aromatic carbocycles. The van der Waals surface area contributed by atoms with Crippen molar-refractivity contribution in [3.63, 3.8) is 0 Å². The van der Waals surface area contributed by atoms with Gasteiger partial charge in [0.25, 0.3) is 0 Å². The Labute approximate surface area is 120 Å². The summed E-state index contributed by atoms with van der Waals surface area (Å²) < 4.78 is 0. The van der Waals surface area contributed by atoms with E-state index in [9.17, 15) is 0 Å². The zero-order valence-electron chi connectivity index (χ0n) is 13.2. The average Bonchev–Trinajstić information content (AvgIpc) is 2.40. The second kappa shape index (κ2) is 13.5. The molecule has 0 aliphatic carbocycles. The third kappa shape index (κ3) is 13.3. The van der Waals surface area contributed by atoms with Crippen LogP contribution in [0.15, 0.2) is 24.6 Å². The Morgan fingerprint density at radius 3 is 1.84 bits per heavy atom. The molecular weight excluding hydrogens is 232 g/mol. The fourth-order valence-electron chi connectivity index (χ4n) is 1.99. The molecule has 0 heterocycles. The van der Waals surface area contributed by atoms with Crippen LogP contribution in [0.2, 0.25) is 0 Å². The molecule has 2 heteroatoms. The maximum atomic E-state index is 4.09. The van der Waals surface area contributed by atoms with Crippen LogP contribution in [0, 0.1) is 0 Å². The lowest BCUT2D eigenvalue weighted by Gasteiger charge is -2.11. The number of hydrogen-bond donors (Lipinski definition) is 2. The van der Waals surface area contributed by atoms with Crippen molar-refractivity contribution in [2.75, 3.05) is 13.1 Å². The van der Waals surface area contributed by atoms with Crippen LogP contribution in [0.4, 0.5) is 0 Å². The minimum atomic E-state index is 1.04. The molecule has 2 N–H and O–H groups in total. The van der Waals surface area contributed by atoms with Gasteiger partial charge in [0.15, 0.2) is 0 Å². The minimum absolute atomic E-state index is 1.04. The van der Waals surface area contributed by atoms with E-state index in [2.05, 4.69) is 37.6 Å². The summed E-state index contributed by atoms with van der Waals surface area (Å²) in [7, 11) is 0. The highest BCUT2D eigenvalue weighted by molar-refractivity contribution is 4.95. The molecule has 0 saturated heterocycles. The molecule has 112 valence electrons. The van der Waals surface area contributed by atoms with E-state index < -0.39 is 0 Å². The van der Waals surface area contributed by atoms with Gasteiger partial charge in [0.05, 0.1) is 0 Å². The van der Waals surface area contributed by atoms with Crippen LogP contribution < -0.4 is 10.6 Å². The van der Waals surface area contributed by atoms with E-state index in [1.54, 1.807) is 0 Å². The predicted molar refractivity (Wildman–Crippen MR) is 87.2 cm³/mol. The van der Waals surface area contributed by atoms with Gasteiger partial charge in [-0.3, -0.25) is 0 Å². The maximum Gasteiger partial charge on any atom is 0.0143 e. The van der Waals surface area contributed by atoms with E-state index in [1.165, 1.54) is 37.8 Å². The van der Waals surface area contributed by atoms with Gasteiger partial charge in [0.1, 0.15) is 0 Å². The first-order valence-electron chi connectivity index (χ1n) is 8.04. The van der Waals surface area contributed by atoms with E-state index in [0.717, 1.165) is 44.5 Å². The van der Waals surface area contributed by atoms with Crippen molar-refractivity contribution >= 4 is 0 Å². The molecule has 0 aliphatic heterocycles. The Balaban J connectivity index is 3.32. The van der Waals surface area contributed by atoms with Crippen LogP contribution in [-0.2, 0) is 0 Å². The zero-order valence-corrected chi connectivity index (χ0v) is 13.2. The molecule has 0 fully saturated rings. The summed E-state index contributed by atoms with van der Waals surface area (Å²) in [6.45, 7) is 14.7. The van der Waals surface area contributed by atoms with Crippen LogP contribution >= 0.6 is 0 Å². The molecule has 0 spiro atoms. The Morgan fingerprint density at radius 1 is 0.684 bits per heavy atom. The summed E-state index contributed by atoms with van der Waals surface area (Å²) in [4.78, 5) is 0. The van der Waals surface area contributed by atoms with Gasteiger partial charge in [-0.2, -0.15) is 0 Å². The maximum absolute atomic E-state index is 4.09. The second-order valence-corrected chi connectivity index (χ2v) is 5.33. The average molecular weight is 266 g/mol. The molecule has 0 aliphatic rings. The topological polar surface area (TPSA) is 24.1 Å². The molecule has 0 aromatic rings. The van der Waals surface area contributed by atoms with Gasteiger partial charge in [-0.1, -0.05) is 52.7 Å². The Morgan fingerprint density at radius 2 is 1.26 bits per heavy atom. The first-order valence-corrected chi connectivity index (χ1v) is 8.04. The van der Waals surface area contributed by atoms with Crippen molar-refractivity contribution in [1.29, 1.82) is 0 Å². The lowest BCUT2D eigenvalue weighted by atomic mass is 10.1. The molecule has 0 unspecified atom stereocenters. The number of nitrogens with one attached hydrogen (secondary N) is 2. The molecule has 0 atom stereocenters. The molecule has 2 nitrogen and oxygen atoms in total. The summed E-state index contributed by atoms with van der Waals surface area (Å²) in [5, 5.41) is 6.77. The van der Waals surface area contributed by atoms with Gasteiger partial charge in [-0.05, 0) is 32.1 Å². The summed E-state index contributed by atoms with van der Waals surface area (Å²) in [5.74, 6) is 0. The highest BCUT2D eigenvalue weighted by atomic mass is 14.9. The minimum Gasteiger partial charge on any atom is -0.389 e. The normalized spacial score (nSPS) is 10.2. The van der Waals surface area contributed by atoms with E-state index >= 15 is 0 Å². The van der Waals surface area contributed by atoms with Crippen LogP contribution in [0.3, 0.4) is 0 Å². The largest absolute Gasteiger partial charge is 0.389 e. The number of hydrogen-bond acceptors (Lipinski definition) is 2. The molecule has 0 radical (unpaired) electrons. The highest BCUT2D eigenvalue weighted by Gasteiger charge is 1.97. The SMILES string of the molecule is C=C(CCCC(=C)NCCCCCCC)NCCC. The van der Waals surface area contributed by atoms with E-state index in [0.29, 0.717) is 0 Å². The van der Waals surface area contributed by atoms with Crippen LogP contribution in [0.1, 0.15) is 71.6 Å². The van der Waals surface area contributed by atoms with Crippen LogP contribution in [-0.4, -0.2) is 13.1 Å². The molecule has 0 bridgehead atoms. The summed E-state index contributed by atoms with van der Waals surface area (Å²) >= 11 is 0. The summed E-state index contributed by atoms with van der Waals surface area (Å²) in [6.07, 6.45) is 11.1. The third-order valence-corrected chi connectivity index (χ3v) is 3.24. The first-order chi connectivity index (χ1) is 9.20. The Bertz CT molecular complexity index is 233. The molecule has 0 saturated carbocycles. The van der Waals surface area contributed by atoms with Gasteiger partial charge in [0.2, 0.25) is 0 Å². The van der Waals surface area contributed by atoms with Gasteiger partial charge >= 0.3 is 0 Å². The van der Waals surface area contributed by atoms with Crippen molar-refractivity contribution in [3.8, 4) is 0 Å². The van der Waals surface area contributed by atoms with Crippen molar-refractivity contribution in [2.45, 2.75) is 71.6 Å². The fraction of sp³-hybridized carbons (Fsp3) is 0.765. The quantitative estimate of drug-likeness (QED) is 0.444. The molecule has 0 rings (SSSR count).